The second kappa shape index (κ2) is 5.03. The average Bonchev–Trinajstić information content (AvgIpc) is 2.98. The minimum absolute atomic E-state index is 0.118. The summed E-state index contributed by atoms with van der Waals surface area (Å²) in [6, 6.07) is 4.18. The third kappa shape index (κ3) is 2.25. The van der Waals surface area contributed by atoms with E-state index < -0.39 is 4.92 Å². The molecule has 2 heterocycles. The Labute approximate surface area is 120 Å². The molecule has 106 valence electrons. The Morgan fingerprint density at radius 3 is 2.60 bits per heavy atom. The molecule has 3 rings (SSSR count). The van der Waals surface area contributed by atoms with Crippen LogP contribution >= 0.6 is 11.6 Å². The number of nitro groups is 1. The molecule has 20 heavy (non-hydrogen) atoms. The van der Waals surface area contributed by atoms with E-state index in [4.69, 9.17) is 11.6 Å². The van der Waals surface area contributed by atoms with Crippen molar-refractivity contribution in [3.8, 4) is 0 Å². The van der Waals surface area contributed by atoms with E-state index in [0.29, 0.717) is 24.9 Å². The number of nitrogens with one attached hydrogen (secondary N) is 1. The van der Waals surface area contributed by atoms with E-state index in [-0.39, 0.29) is 22.2 Å². The van der Waals surface area contributed by atoms with E-state index in [1.165, 1.54) is 18.2 Å². The van der Waals surface area contributed by atoms with E-state index in [1.807, 2.05) is 0 Å². The molecule has 2 aliphatic heterocycles. The monoisotopic (exact) mass is 295 g/mol. The zero-order chi connectivity index (χ0) is 14.3. The van der Waals surface area contributed by atoms with Gasteiger partial charge in [0.2, 0.25) is 0 Å². The van der Waals surface area contributed by atoms with Gasteiger partial charge in [0, 0.05) is 37.3 Å². The molecule has 7 heteroatoms. The highest BCUT2D eigenvalue weighted by atomic mass is 35.5. The Morgan fingerprint density at radius 2 is 2.00 bits per heavy atom. The van der Waals surface area contributed by atoms with Crippen LogP contribution < -0.4 is 5.32 Å². The number of likely N-dealkylation sites (tertiary alicyclic amines) is 1. The van der Waals surface area contributed by atoms with Gasteiger partial charge in [0.15, 0.2) is 0 Å². The SMILES string of the molecule is O=C(c1ccc(Cl)cc1[N+](=O)[O-])N1CC2CNCC2C1. The fourth-order valence-corrected chi connectivity index (χ4v) is 3.19. The van der Waals surface area contributed by atoms with Crippen LogP contribution in [-0.4, -0.2) is 41.9 Å². The molecule has 0 aromatic heterocycles. The molecule has 2 aliphatic rings. The first-order valence-corrected chi connectivity index (χ1v) is 6.88. The van der Waals surface area contributed by atoms with Gasteiger partial charge >= 0.3 is 0 Å². The Morgan fingerprint density at radius 1 is 1.35 bits per heavy atom. The van der Waals surface area contributed by atoms with Crippen molar-refractivity contribution in [2.75, 3.05) is 26.2 Å². The summed E-state index contributed by atoms with van der Waals surface area (Å²) in [5.74, 6) is 0.651. The number of nitro benzene ring substituents is 1. The molecule has 0 bridgehead atoms. The molecular formula is C13H14ClN3O3. The number of halogens is 1. The highest BCUT2D eigenvalue weighted by molar-refractivity contribution is 6.31. The highest BCUT2D eigenvalue weighted by Crippen LogP contribution is 2.30. The first-order chi connectivity index (χ1) is 9.56. The number of nitrogens with zero attached hydrogens (tertiary/aromatic N) is 2. The van der Waals surface area contributed by atoms with Gasteiger partial charge in [-0.3, -0.25) is 14.9 Å². The number of hydrogen-bond acceptors (Lipinski definition) is 4. The van der Waals surface area contributed by atoms with E-state index in [0.717, 1.165) is 13.1 Å². The summed E-state index contributed by atoms with van der Waals surface area (Å²) >= 11 is 5.77. The van der Waals surface area contributed by atoms with Crippen molar-refractivity contribution < 1.29 is 9.72 Å². The second-order valence-corrected chi connectivity index (χ2v) is 5.74. The minimum Gasteiger partial charge on any atom is -0.338 e. The molecule has 1 aromatic rings. The molecule has 0 spiro atoms. The van der Waals surface area contributed by atoms with Crippen molar-refractivity contribution in [1.82, 2.24) is 10.2 Å². The van der Waals surface area contributed by atoms with Crippen LogP contribution in [0.1, 0.15) is 10.4 Å². The van der Waals surface area contributed by atoms with Crippen LogP contribution in [0.5, 0.6) is 0 Å². The predicted octanol–water partition coefficient (Wildman–Crippen LogP) is 1.54. The maximum absolute atomic E-state index is 12.5. The molecular weight excluding hydrogens is 282 g/mol. The number of carbonyl (C=O) groups is 1. The summed E-state index contributed by atoms with van der Waals surface area (Å²) in [6.45, 7) is 3.15. The standard InChI is InChI=1S/C13H14ClN3O3/c14-10-1-2-11(12(3-10)17(19)20)13(18)16-6-8-4-15-5-9(8)7-16/h1-3,8-9,15H,4-7H2. The summed E-state index contributed by atoms with van der Waals surface area (Å²) in [5, 5.41) is 14.6. The number of amides is 1. The number of carbonyl (C=O) groups excluding carboxylic acids is 1. The van der Waals surface area contributed by atoms with Gasteiger partial charge in [-0.15, -0.1) is 0 Å². The molecule has 0 aliphatic carbocycles. The molecule has 1 aromatic carbocycles. The van der Waals surface area contributed by atoms with Gasteiger partial charge < -0.3 is 10.2 Å². The van der Waals surface area contributed by atoms with E-state index >= 15 is 0 Å². The molecule has 2 atom stereocenters. The largest absolute Gasteiger partial charge is 0.338 e. The van der Waals surface area contributed by atoms with Gasteiger partial charge in [-0.25, -0.2) is 0 Å². The molecule has 0 radical (unpaired) electrons. The van der Waals surface area contributed by atoms with Crippen LogP contribution in [0.3, 0.4) is 0 Å². The molecule has 2 unspecified atom stereocenters. The van der Waals surface area contributed by atoms with Gasteiger partial charge in [-0.05, 0) is 24.0 Å². The van der Waals surface area contributed by atoms with Gasteiger partial charge in [-0.2, -0.15) is 0 Å². The average molecular weight is 296 g/mol. The van der Waals surface area contributed by atoms with Crippen LogP contribution in [0, 0.1) is 22.0 Å². The van der Waals surface area contributed by atoms with Crippen molar-refractivity contribution in [3.05, 3.63) is 38.9 Å². The van der Waals surface area contributed by atoms with Crippen LogP contribution in [-0.2, 0) is 0 Å². The van der Waals surface area contributed by atoms with Crippen LogP contribution in [0.4, 0.5) is 5.69 Å². The van der Waals surface area contributed by atoms with Gasteiger partial charge in [0.25, 0.3) is 11.6 Å². The normalized spacial score (nSPS) is 24.8. The summed E-state index contributed by atoms with van der Waals surface area (Å²) in [4.78, 5) is 24.7. The zero-order valence-electron chi connectivity index (χ0n) is 10.7. The lowest BCUT2D eigenvalue weighted by Crippen LogP contribution is -2.32. The fraction of sp³-hybridized carbons (Fsp3) is 0.462. The summed E-state index contributed by atoms with van der Waals surface area (Å²) in [6.07, 6.45) is 0. The first-order valence-electron chi connectivity index (χ1n) is 6.50. The lowest BCUT2D eigenvalue weighted by atomic mass is 10.0. The predicted molar refractivity (Wildman–Crippen MR) is 73.9 cm³/mol. The molecule has 6 nitrogen and oxygen atoms in total. The number of benzene rings is 1. The second-order valence-electron chi connectivity index (χ2n) is 5.31. The van der Waals surface area contributed by atoms with Crippen LogP contribution in [0.25, 0.3) is 0 Å². The lowest BCUT2D eigenvalue weighted by Gasteiger charge is -2.17. The quantitative estimate of drug-likeness (QED) is 0.663. The van der Waals surface area contributed by atoms with Gasteiger partial charge in [0.1, 0.15) is 5.56 Å². The number of rotatable bonds is 2. The van der Waals surface area contributed by atoms with Crippen molar-refractivity contribution >= 4 is 23.2 Å². The summed E-state index contributed by atoms with van der Waals surface area (Å²) in [5.41, 5.74) is -0.106. The summed E-state index contributed by atoms with van der Waals surface area (Å²) < 4.78 is 0. The fourth-order valence-electron chi connectivity index (χ4n) is 3.03. The third-order valence-electron chi connectivity index (χ3n) is 4.06. The number of hydrogen-bond donors (Lipinski definition) is 1. The van der Waals surface area contributed by atoms with Gasteiger partial charge in [0.05, 0.1) is 4.92 Å². The Kier molecular flexibility index (Phi) is 3.35. The summed E-state index contributed by atoms with van der Waals surface area (Å²) in [7, 11) is 0. The smallest absolute Gasteiger partial charge is 0.283 e. The van der Waals surface area contributed by atoms with Crippen molar-refractivity contribution in [1.29, 1.82) is 0 Å². The minimum atomic E-state index is -0.558. The molecule has 1 amide bonds. The highest BCUT2D eigenvalue weighted by Gasteiger charge is 2.39. The van der Waals surface area contributed by atoms with Gasteiger partial charge in [-0.1, -0.05) is 11.6 Å². The van der Waals surface area contributed by atoms with E-state index in [1.54, 1.807) is 4.90 Å². The van der Waals surface area contributed by atoms with Crippen molar-refractivity contribution in [2.24, 2.45) is 11.8 Å². The topological polar surface area (TPSA) is 75.5 Å². The van der Waals surface area contributed by atoms with Crippen LogP contribution in [0.2, 0.25) is 5.02 Å². The Balaban J connectivity index is 1.86. The first kappa shape index (κ1) is 13.3. The lowest BCUT2D eigenvalue weighted by molar-refractivity contribution is -0.385. The van der Waals surface area contributed by atoms with E-state index in [2.05, 4.69) is 5.32 Å². The Hall–Kier alpha value is -1.66. The molecule has 0 saturated carbocycles. The number of fused-ring (bicyclic) bond motifs is 1. The zero-order valence-corrected chi connectivity index (χ0v) is 11.5. The Bertz CT molecular complexity index is 566. The maximum atomic E-state index is 12.5. The van der Waals surface area contributed by atoms with E-state index in [9.17, 15) is 14.9 Å². The molecule has 2 fully saturated rings. The molecule has 1 N–H and O–H groups in total. The maximum Gasteiger partial charge on any atom is 0.283 e. The van der Waals surface area contributed by atoms with Crippen LogP contribution in [0.15, 0.2) is 18.2 Å². The van der Waals surface area contributed by atoms with Crippen molar-refractivity contribution in [3.63, 3.8) is 0 Å². The molecule has 2 saturated heterocycles. The third-order valence-corrected chi connectivity index (χ3v) is 4.30. The van der Waals surface area contributed by atoms with Crippen molar-refractivity contribution in [2.45, 2.75) is 0 Å².